The Balaban J connectivity index is 2.87. The predicted octanol–water partition coefficient (Wildman–Crippen LogP) is 4.53. The van der Waals surface area contributed by atoms with Crippen molar-refractivity contribution < 1.29 is 0 Å². The lowest BCUT2D eigenvalue weighted by Crippen LogP contribution is -2.41. The minimum Gasteiger partial charge on any atom is -0.127 e. The Morgan fingerprint density at radius 2 is 1.59 bits per heavy atom. The topological polar surface area (TPSA) is 0 Å². The number of hydrogen-bond donors (Lipinski definition) is 0. The van der Waals surface area contributed by atoms with Gasteiger partial charge in [0, 0.05) is 5.88 Å². The highest BCUT2D eigenvalue weighted by Gasteiger charge is 2.23. The Hall–Kier alpha value is -0.273. The van der Waals surface area contributed by atoms with Crippen LogP contribution in [0.3, 0.4) is 0 Å². The third-order valence-corrected chi connectivity index (χ3v) is 7.23. The fourth-order valence-corrected chi connectivity index (χ4v) is 4.85. The summed E-state index contributed by atoms with van der Waals surface area (Å²) >= 11 is 5.80. The first-order valence-corrected chi connectivity index (χ1v) is 10.2. The lowest BCUT2D eigenvalue weighted by atomic mass is 9.87. The molecule has 0 aliphatic carbocycles. The van der Waals surface area contributed by atoms with Crippen molar-refractivity contribution in [3.8, 4) is 0 Å². The van der Waals surface area contributed by atoms with E-state index in [1.54, 1.807) is 5.19 Å². The number of benzene rings is 1. The van der Waals surface area contributed by atoms with Crippen LogP contribution >= 0.6 is 11.6 Å². The molecule has 1 aromatic carbocycles. The molecule has 0 fully saturated rings. The molecule has 0 unspecified atom stereocenters. The zero-order chi connectivity index (χ0) is 13.1. The molecule has 0 bridgehead atoms. The van der Waals surface area contributed by atoms with Crippen LogP contribution in [-0.2, 0) is 5.41 Å². The standard InChI is InChI=1S/C15H25ClSi/c1-15(2,3)13-7-9-14(10-8-13)17(4,5)12-6-11-16/h7-10H,6,11-12H2,1-5H3. The molecule has 0 spiro atoms. The molecular weight excluding hydrogens is 244 g/mol. The van der Waals surface area contributed by atoms with E-state index in [2.05, 4.69) is 58.1 Å². The number of halogens is 1. The maximum absolute atomic E-state index is 5.80. The zero-order valence-corrected chi connectivity index (χ0v) is 13.6. The quantitative estimate of drug-likeness (QED) is 0.556. The highest BCUT2D eigenvalue weighted by molar-refractivity contribution is 6.89. The molecule has 0 atom stereocenters. The third-order valence-electron chi connectivity index (χ3n) is 3.47. The van der Waals surface area contributed by atoms with E-state index in [1.807, 2.05) is 0 Å². The highest BCUT2D eigenvalue weighted by atomic mass is 35.5. The molecule has 0 aliphatic rings. The highest BCUT2D eigenvalue weighted by Crippen LogP contribution is 2.22. The summed E-state index contributed by atoms with van der Waals surface area (Å²) in [6.07, 6.45) is 1.14. The van der Waals surface area contributed by atoms with Crippen LogP contribution in [0.15, 0.2) is 24.3 Å². The van der Waals surface area contributed by atoms with E-state index in [1.165, 1.54) is 11.6 Å². The number of alkyl halides is 1. The Morgan fingerprint density at radius 3 is 2.00 bits per heavy atom. The van der Waals surface area contributed by atoms with Crippen molar-refractivity contribution in [1.82, 2.24) is 0 Å². The van der Waals surface area contributed by atoms with Crippen molar-refractivity contribution in [1.29, 1.82) is 0 Å². The molecule has 17 heavy (non-hydrogen) atoms. The van der Waals surface area contributed by atoms with Gasteiger partial charge in [-0.1, -0.05) is 69.4 Å². The Labute approximate surface area is 112 Å². The summed E-state index contributed by atoms with van der Waals surface area (Å²) in [7, 11) is -1.27. The van der Waals surface area contributed by atoms with Gasteiger partial charge < -0.3 is 0 Å². The van der Waals surface area contributed by atoms with E-state index >= 15 is 0 Å². The van der Waals surface area contributed by atoms with Crippen molar-refractivity contribution in [2.24, 2.45) is 0 Å². The van der Waals surface area contributed by atoms with Gasteiger partial charge in [0.15, 0.2) is 0 Å². The van der Waals surface area contributed by atoms with Crippen molar-refractivity contribution in [3.63, 3.8) is 0 Å². The molecule has 0 saturated carbocycles. The lowest BCUT2D eigenvalue weighted by molar-refractivity contribution is 0.590. The Kier molecular flexibility index (Phi) is 4.85. The van der Waals surface area contributed by atoms with Gasteiger partial charge in [0.25, 0.3) is 0 Å². The summed E-state index contributed by atoms with van der Waals surface area (Å²) in [5, 5.41) is 1.55. The molecule has 2 heteroatoms. The third kappa shape index (κ3) is 4.15. The van der Waals surface area contributed by atoms with Gasteiger partial charge >= 0.3 is 0 Å². The minimum atomic E-state index is -1.27. The van der Waals surface area contributed by atoms with Crippen LogP contribution in [0.2, 0.25) is 19.1 Å². The van der Waals surface area contributed by atoms with Crippen molar-refractivity contribution >= 4 is 24.9 Å². The summed E-state index contributed by atoms with van der Waals surface area (Å²) in [6, 6.07) is 10.5. The van der Waals surface area contributed by atoms with Crippen LogP contribution in [0, 0.1) is 0 Å². The molecule has 0 N–H and O–H groups in total. The molecule has 0 heterocycles. The van der Waals surface area contributed by atoms with E-state index in [4.69, 9.17) is 11.6 Å². The zero-order valence-electron chi connectivity index (χ0n) is 11.8. The molecule has 0 aromatic heterocycles. The normalized spacial score (nSPS) is 12.8. The molecule has 0 aliphatic heterocycles. The van der Waals surface area contributed by atoms with Crippen LogP contribution in [0.1, 0.15) is 32.8 Å². The molecule has 0 nitrogen and oxygen atoms in total. The van der Waals surface area contributed by atoms with Crippen LogP contribution < -0.4 is 5.19 Å². The second kappa shape index (κ2) is 5.58. The summed E-state index contributed by atoms with van der Waals surface area (Å²) in [5.41, 5.74) is 1.67. The van der Waals surface area contributed by atoms with Crippen LogP contribution in [0.5, 0.6) is 0 Å². The average molecular weight is 269 g/mol. The summed E-state index contributed by atoms with van der Waals surface area (Å²) in [4.78, 5) is 0. The van der Waals surface area contributed by atoms with E-state index < -0.39 is 8.07 Å². The first-order valence-electron chi connectivity index (χ1n) is 6.44. The van der Waals surface area contributed by atoms with Crippen molar-refractivity contribution in [2.75, 3.05) is 5.88 Å². The molecule has 0 radical (unpaired) electrons. The van der Waals surface area contributed by atoms with Gasteiger partial charge in [0.2, 0.25) is 0 Å². The van der Waals surface area contributed by atoms with Gasteiger partial charge in [-0.25, -0.2) is 0 Å². The smallest absolute Gasteiger partial charge is 0.0806 e. The molecule has 1 aromatic rings. The fourth-order valence-electron chi connectivity index (χ4n) is 2.07. The van der Waals surface area contributed by atoms with E-state index in [-0.39, 0.29) is 5.41 Å². The summed E-state index contributed by atoms with van der Waals surface area (Å²) in [5.74, 6) is 0.788. The number of rotatable bonds is 4. The van der Waals surface area contributed by atoms with Crippen molar-refractivity contribution in [3.05, 3.63) is 29.8 Å². The predicted molar refractivity (Wildman–Crippen MR) is 82.4 cm³/mol. The Bertz CT molecular complexity index is 346. The summed E-state index contributed by atoms with van der Waals surface area (Å²) in [6.45, 7) is 11.7. The van der Waals surface area contributed by atoms with E-state index in [9.17, 15) is 0 Å². The molecule has 1 rings (SSSR count). The monoisotopic (exact) mass is 268 g/mol. The largest absolute Gasteiger partial charge is 0.127 e. The van der Waals surface area contributed by atoms with Gasteiger partial charge in [-0.15, -0.1) is 11.6 Å². The lowest BCUT2D eigenvalue weighted by Gasteiger charge is -2.25. The maximum Gasteiger partial charge on any atom is 0.0806 e. The second-order valence-electron chi connectivity index (χ2n) is 6.50. The first kappa shape index (κ1) is 14.8. The maximum atomic E-state index is 5.80. The Morgan fingerprint density at radius 1 is 1.06 bits per heavy atom. The molecule has 0 saturated heterocycles. The first-order chi connectivity index (χ1) is 7.77. The molecule has 0 amide bonds. The fraction of sp³-hybridized carbons (Fsp3) is 0.600. The van der Waals surface area contributed by atoms with Crippen molar-refractivity contribution in [2.45, 2.75) is 51.7 Å². The van der Waals surface area contributed by atoms with Gasteiger partial charge in [0.1, 0.15) is 0 Å². The van der Waals surface area contributed by atoms with Gasteiger partial charge in [0.05, 0.1) is 8.07 Å². The molecular formula is C15H25ClSi. The second-order valence-corrected chi connectivity index (χ2v) is 11.7. The summed E-state index contributed by atoms with van der Waals surface area (Å²) < 4.78 is 0. The van der Waals surface area contributed by atoms with Gasteiger partial charge in [-0.2, -0.15) is 0 Å². The number of hydrogen-bond acceptors (Lipinski definition) is 0. The SMILES string of the molecule is CC(C)(C)c1ccc([Si](C)(C)CCCCl)cc1. The van der Waals surface area contributed by atoms with Crippen LogP contribution in [-0.4, -0.2) is 14.0 Å². The molecule has 96 valence electrons. The minimum absolute atomic E-state index is 0.250. The van der Waals surface area contributed by atoms with Crippen LogP contribution in [0.4, 0.5) is 0 Å². The average Bonchev–Trinajstić information content (AvgIpc) is 2.25. The van der Waals surface area contributed by atoms with Gasteiger partial charge in [-0.05, 0) is 17.4 Å². The van der Waals surface area contributed by atoms with Crippen LogP contribution in [0.25, 0.3) is 0 Å². The van der Waals surface area contributed by atoms with E-state index in [0.29, 0.717) is 0 Å². The van der Waals surface area contributed by atoms with Gasteiger partial charge in [-0.3, -0.25) is 0 Å². The van der Waals surface area contributed by atoms with E-state index in [0.717, 1.165) is 12.3 Å².